The summed E-state index contributed by atoms with van der Waals surface area (Å²) in [5, 5.41) is 3.99. The van der Waals surface area contributed by atoms with Crippen LogP contribution in [-0.4, -0.2) is 0 Å². The van der Waals surface area contributed by atoms with Crippen LogP contribution in [0.15, 0.2) is 41.1 Å². The van der Waals surface area contributed by atoms with Crippen LogP contribution in [-0.2, 0) is 0 Å². The minimum Gasteiger partial charge on any atom is -0.320 e. The third-order valence-corrected chi connectivity index (χ3v) is 2.83. The topological polar surface area (TPSA) is 26.0 Å². The molecule has 2 N–H and O–H groups in total. The van der Waals surface area contributed by atoms with Crippen molar-refractivity contribution >= 4 is 23.7 Å². The number of benzene rings is 1. The van der Waals surface area contributed by atoms with Gasteiger partial charge >= 0.3 is 0 Å². The van der Waals surface area contributed by atoms with Crippen LogP contribution >= 0.6 is 23.7 Å². The molecule has 1 aromatic carbocycles. The predicted octanol–water partition coefficient (Wildman–Crippen LogP) is 3.36. The summed E-state index contributed by atoms with van der Waals surface area (Å²) in [5.74, 6) is -0.230. The van der Waals surface area contributed by atoms with Gasteiger partial charge in [-0.1, -0.05) is 12.1 Å². The second-order valence-electron chi connectivity index (χ2n) is 3.09. The molecule has 0 aliphatic heterocycles. The largest absolute Gasteiger partial charge is 0.320 e. The summed E-state index contributed by atoms with van der Waals surface area (Å²) in [6.07, 6.45) is 0. The zero-order valence-electron chi connectivity index (χ0n) is 7.89. The van der Waals surface area contributed by atoms with E-state index in [1.165, 1.54) is 12.1 Å². The molecule has 80 valence electrons. The SMILES string of the molecule is Cl.N[C@@H](c1ccc(F)cc1)c1ccsc1. The first-order valence-corrected chi connectivity index (χ1v) is 5.25. The monoisotopic (exact) mass is 243 g/mol. The molecule has 15 heavy (non-hydrogen) atoms. The third-order valence-electron chi connectivity index (χ3n) is 2.13. The average Bonchev–Trinajstić information content (AvgIpc) is 2.71. The Morgan fingerprint density at radius 2 is 1.73 bits per heavy atom. The molecule has 0 saturated carbocycles. The van der Waals surface area contributed by atoms with E-state index >= 15 is 0 Å². The normalized spacial score (nSPS) is 11.9. The van der Waals surface area contributed by atoms with Gasteiger partial charge in [0.05, 0.1) is 6.04 Å². The van der Waals surface area contributed by atoms with Crippen LogP contribution in [0.2, 0.25) is 0 Å². The standard InChI is InChI=1S/C11H10FNS.ClH/c12-10-3-1-8(2-4-10)11(13)9-5-6-14-7-9;/h1-7,11H,13H2;1H/t11-;/m0./s1. The second-order valence-corrected chi connectivity index (χ2v) is 3.87. The van der Waals surface area contributed by atoms with E-state index in [0.717, 1.165) is 11.1 Å². The van der Waals surface area contributed by atoms with Crippen molar-refractivity contribution in [2.24, 2.45) is 5.73 Å². The fraction of sp³-hybridized carbons (Fsp3) is 0.0909. The van der Waals surface area contributed by atoms with Crippen molar-refractivity contribution in [1.82, 2.24) is 0 Å². The molecule has 1 nitrogen and oxygen atoms in total. The molecule has 0 aliphatic carbocycles. The van der Waals surface area contributed by atoms with Gasteiger partial charge in [-0.2, -0.15) is 11.3 Å². The first-order chi connectivity index (χ1) is 6.77. The van der Waals surface area contributed by atoms with Gasteiger partial charge in [0.15, 0.2) is 0 Å². The maximum Gasteiger partial charge on any atom is 0.123 e. The molecule has 0 unspecified atom stereocenters. The highest BCUT2D eigenvalue weighted by Crippen LogP contribution is 2.21. The molecular formula is C11H11ClFNS. The zero-order chi connectivity index (χ0) is 9.97. The van der Waals surface area contributed by atoms with Crippen LogP contribution in [0.3, 0.4) is 0 Å². The van der Waals surface area contributed by atoms with Crippen molar-refractivity contribution in [2.45, 2.75) is 6.04 Å². The van der Waals surface area contributed by atoms with E-state index in [1.54, 1.807) is 23.5 Å². The summed E-state index contributed by atoms with van der Waals surface area (Å²) in [6.45, 7) is 0. The smallest absolute Gasteiger partial charge is 0.123 e. The van der Waals surface area contributed by atoms with Crippen molar-refractivity contribution in [3.8, 4) is 0 Å². The fourth-order valence-corrected chi connectivity index (χ4v) is 2.01. The Bertz CT molecular complexity index is 399. The van der Waals surface area contributed by atoms with E-state index in [1.807, 2.05) is 16.8 Å². The molecule has 0 amide bonds. The summed E-state index contributed by atoms with van der Waals surface area (Å²) in [4.78, 5) is 0. The lowest BCUT2D eigenvalue weighted by Crippen LogP contribution is -2.10. The highest BCUT2D eigenvalue weighted by atomic mass is 35.5. The molecule has 1 atom stereocenters. The molecule has 2 aromatic rings. The Balaban J connectivity index is 0.00000112. The van der Waals surface area contributed by atoms with Crippen molar-refractivity contribution in [3.63, 3.8) is 0 Å². The summed E-state index contributed by atoms with van der Waals surface area (Å²) in [6, 6.07) is 8.14. The van der Waals surface area contributed by atoms with E-state index in [0.29, 0.717) is 0 Å². The van der Waals surface area contributed by atoms with Gasteiger partial charge in [0.1, 0.15) is 5.82 Å². The van der Waals surface area contributed by atoms with Crippen LogP contribution in [0.5, 0.6) is 0 Å². The lowest BCUT2D eigenvalue weighted by molar-refractivity contribution is 0.626. The number of thiophene rings is 1. The van der Waals surface area contributed by atoms with E-state index < -0.39 is 0 Å². The average molecular weight is 244 g/mol. The minimum atomic E-state index is -0.230. The molecule has 1 heterocycles. The highest BCUT2D eigenvalue weighted by Gasteiger charge is 2.08. The van der Waals surface area contributed by atoms with Gasteiger partial charge in [-0.15, -0.1) is 12.4 Å². The zero-order valence-corrected chi connectivity index (χ0v) is 9.52. The van der Waals surface area contributed by atoms with E-state index in [-0.39, 0.29) is 24.3 Å². The Labute approximate surface area is 98.2 Å². The predicted molar refractivity (Wildman–Crippen MR) is 64.0 cm³/mol. The second kappa shape index (κ2) is 5.26. The first-order valence-electron chi connectivity index (χ1n) is 4.30. The van der Waals surface area contributed by atoms with E-state index in [4.69, 9.17) is 5.73 Å². The lowest BCUT2D eigenvalue weighted by atomic mass is 10.0. The van der Waals surface area contributed by atoms with Crippen molar-refractivity contribution in [2.75, 3.05) is 0 Å². The molecule has 2 rings (SSSR count). The fourth-order valence-electron chi connectivity index (χ4n) is 1.31. The van der Waals surface area contributed by atoms with Crippen LogP contribution < -0.4 is 5.73 Å². The van der Waals surface area contributed by atoms with Crippen LogP contribution in [0, 0.1) is 5.82 Å². The molecular weight excluding hydrogens is 233 g/mol. The Morgan fingerprint density at radius 1 is 1.07 bits per heavy atom. The minimum absolute atomic E-state index is 0. The van der Waals surface area contributed by atoms with Crippen molar-refractivity contribution < 1.29 is 4.39 Å². The number of rotatable bonds is 2. The van der Waals surface area contributed by atoms with Gasteiger partial charge < -0.3 is 5.73 Å². The molecule has 1 aromatic heterocycles. The summed E-state index contributed by atoms with van der Waals surface area (Å²) in [7, 11) is 0. The Hall–Kier alpha value is -0.900. The maximum absolute atomic E-state index is 12.7. The molecule has 0 aliphatic rings. The van der Waals surface area contributed by atoms with Gasteiger partial charge in [0, 0.05) is 0 Å². The van der Waals surface area contributed by atoms with Gasteiger partial charge in [-0.05, 0) is 40.1 Å². The molecule has 4 heteroatoms. The summed E-state index contributed by atoms with van der Waals surface area (Å²) >= 11 is 1.61. The van der Waals surface area contributed by atoms with Crippen molar-refractivity contribution in [1.29, 1.82) is 0 Å². The summed E-state index contributed by atoms with van der Waals surface area (Å²) < 4.78 is 12.7. The van der Waals surface area contributed by atoms with E-state index in [2.05, 4.69) is 0 Å². The molecule has 0 bridgehead atoms. The molecule has 0 spiro atoms. The lowest BCUT2D eigenvalue weighted by Gasteiger charge is -2.09. The first kappa shape index (κ1) is 12.2. The van der Waals surface area contributed by atoms with Gasteiger partial charge in [-0.3, -0.25) is 0 Å². The Kier molecular flexibility index (Phi) is 4.27. The third kappa shape index (κ3) is 2.78. The van der Waals surface area contributed by atoms with Crippen LogP contribution in [0.1, 0.15) is 17.2 Å². The number of hydrogen-bond donors (Lipinski definition) is 1. The summed E-state index contributed by atoms with van der Waals surface area (Å²) in [5.41, 5.74) is 8.00. The van der Waals surface area contributed by atoms with Crippen molar-refractivity contribution in [3.05, 3.63) is 58.0 Å². The molecule has 0 saturated heterocycles. The Morgan fingerprint density at radius 3 is 2.27 bits per heavy atom. The van der Waals surface area contributed by atoms with Crippen LogP contribution in [0.4, 0.5) is 4.39 Å². The highest BCUT2D eigenvalue weighted by molar-refractivity contribution is 7.08. The quantitative estimate of drug-likeness (QED) is 0.860. The molecule has 0 fully saturated rings. The van der Waals surface area contributed by atoms with E-state index in [9.17, 15) is 4.39 Å². The van der Waals surface area contributed by atoms with Gasteiger partial charge in [-0.25, -0.2) is 4.39 Å². The maximum atomic E-state index is 12.7. The number of nitrogens with two attached hydrogens (primary N) is 1. The number of hydrogen-bond acceptors (Lipinski definition) is 2. The van der Waals surface area contributed by atoms with Crippen LogP contribution in [0.25, 0.3) is 0 Å². The number of halogens is 2. The van der Waals surface area contributed by atoms with Gasteiger partial charge in [0.2, 0.25) is 0 Å². The molecule has 0 radical (unpaired) electrons. The van der Waals surface area contributed by atoms with Gasteiger partial charge in [0.25, 0.3) is 0 Å².